The first-order valence-corrected chi connectivity index (χ1v) is 10.9. The van der Waals surface area contributed by atoms with Gasteiger partial charge in [0, 0.05) is 17.7 Å². The van der Waals surface area contributed by atoms with Crippen LogP contribution in [0.5, 0.6) is 0 Å². The normalized spacial score (nSPS) is 28.2. The standard InChI is InChI=1S/C18H22ClNO3S2/c1-11(20-23-9-14-4-5-17(19)25-14)18-15(21)7-13(8-16(18)22)12-3-2-6-24-10-12/h4-5,12-13,18H,2-3,6-10H2,1H3. The fourth-order valence-corrected chi connectivity index (χ4v) is 5.89. The van der Waals surface area contributed by atoms with Crippen LogP contribution >= 0.6 is 34.7 Å². The Morgan fingerprint density at radius 1 is 1.28 bits per heavy atom. The number of rotatable bonds is 5. The van der Waals surface area contributed by atoms with Gasteiger partial charge in [-0.1, -0.05) is 16.8 Å². The molecule has 1 aliphatic carbocycles. The molecule has 0 bridgehead atoms. The monoisotopic (exact) mass is 399 g/mol. The third-order valence-electron chi connectivity index (χ3n) is 4.89. The number of halogens is 1. The Hall–Kier alpha value is -0.850. The number of nitrogens with zero attached hydrogens (tertiary/aromatic N) is 1. The zero-order chi connectivity index (χ0) is 17.8. The lowest BCUT2D eigenvalue weighted by Crippen LogP contribution is -2.40. The Balaban J connectivity index is 1.57. The van der Waals surface area contributed by atoms with Crippen LogP contribution in [-0.4, -0.2) is 28.8 Å². The van der Waals surface area contributed by atoms with Gasteiger partial charge in [-0.15, -0.1) is 11.3 Å². The molecule has 0 aromatic carbocycles. The molecule has 0 N–H and O–H groups in total. The van der Waals surface area contributed by atoms with Crippen LogP contribution in [0.3, 0.4) is 0 Å². The van der Waals surface area contributed by atoms with Crippen LogP contribution in [0.1, 0.15) is 37.5 Å². The molecule has 136 valence electrons. The maximum absolute atomic E-state index is 12.6. The number of hydrogen-bond acceptors (Lipinski definition) is 6. The van der Waals surface area contributed by atoms with E-state index in [0.29, 0.717) is 35.4 Å². The highest BCUT2D eigenvalue weighted by atomic mass is 35.5. The summed E-state index contributed by atoms with van der Waals surface area (Å²) in [4.78, 5) is 31.4. The molecule has 0 radical (unpaired) electrons. The van der Waals surface area contributed by atoms with Crippen LogP contribution < -0.4 is 0 Å². The van der Waals surface area contributed by atoms with E-state index < -0.39 is 5.92 Å². The first-order valence-electron chi connectivity index (χ1n) is 8.58. The number of Topliss-reactive ketones (excluding diaryl/α,β-unsaturated/α-hetero) is 2. The van der Waals surface area contributed by atoms with Crippen LogP contribution in [0.15, 0.2) is 17.3 Å². The lowest BCUT2D eigenvalue weighted by atomic mass is 9.72. The van der Waals surface area contributed by atoms with Crippen LogP contribution in [0, 0.1) is 17.8 Å². The third kappa shape index (κ3) is 4.86. The minimum absolute atomic E-state index is 0.000779. The highest BCUT2D eigenvalue weighted by molar-refractivity contribution is 7.99. The molecule has 1 unspecified atom stereocenters. The predicted octanol–water partition coefficient (Wildman–Crippen LogP) is 4.60. The molecule has 1 aromatic rings. The van der Waals surface area contributed by atoms with Crippen molar-refractivity contribution in [1.29, 1.82) is 0 Å². The summed E-state index contributed by atoms with van der Waals surface area (Å²) in [5.74, 6) is 2.28. The van der Waals surface area contributed by atoms with Crippen LogP contribution in [0.2, 0.25) is 4.34 Å². The summed E-state index contributed by atoms with van der Waals surface area (Å²) >= 11 is 9.25. The number of thiophene rings is 1. The second-order valence-corrected chi connectivity index (χ2v) is 9.67. The number of hydrogen-bond donors (Lipinski definition) is 0. The molecule has 2 fully saturated rings. The molecule has 1 aliphatic heterocycles. The molecule has 7 heteroatoms. The molecule has 1 atom stereocenters. The number of oxime groups is 1. The molecule has 4 nitrogen and oxygen atoms in total. The summed E-state index contributed by atoms with van der Waals surface area (Å²) in [6.07, 6.45) is 3.32. The van der Waals surface area contributed by atoms with E-state index in [2.05, 4.69) is 5.16 Å². The van der Waals surface area contributed by atoms with Crippen LogP contribution in [0.4, 0.5) is 0 Å². The molecule has 2 aliphatic rings. The molecule has 3 rings (SSSR count). The van der Waals surface area contributed by atoms with Gasteiger partial charge in [-0.25, -0.2) is 0 Å². The SMILES string of the molecule is CC(=NOCc1ccc(Cl)s1)C1C(=O)CC(C2CCCSC2)CC1=O. The van der Waals surface area contributed by atoms with Gasteiger partial charge in [0.1, 0.15) is 17.5 Å². The third-order valence-corrected chi connectivity index (χ3v) is 7.34. The first kappa shape index (κ1) is 18.9. The molecule has 0 spiro atoms. The van der Waals surface area contributed by atoms with E-state index in [9.17, 15) is 9.59 Å². The summed E-state index contributed by atoms with van der Waals surface area (Å²) in [5.41, 5.74) is 0.467. The van der Waals surface area contributed by atoms with Crippen molar-refractivity contribution < 1.29 is 14.4 Å². The Bertz CT molecular complexity index is 649. The van der Waals surface area contributed by atoms with Gasteiger partial charge in [-0.3, -0.25) is 9.59 Å². The van der Waals surface area contributed by atoms with Gasteiger partial charge in [-0.05, 0) is 55.2 Å². The number of carbonyl (C=O) groups excluding carboxylic acids is 2. The Labute approximate surface area is 161 Å². The van der Waals surface area contributed by atoms with Crippen molar-refractivity contribution in [3.8, 4) is 0 Å². The largest absolute Gasteiger partial charge is 0.390 e. The summed E-state index contributed by atoms with van der Waals surface area (Å²) in [6, 6.07) is 3.68. The van der Waals surface area contributed by atoms with E-state index >= 15 is 0 Å². The van der Waals surface area contributed by atoms with Crippen molar-refractivity contribution in [2.24, 2.45) is 22.9 Å². The van der Waals surface area contributed by atoms with Gasteiger partial charge >= 0.3 is 0 Å². The highest BCUT2D eigenvalue weighted by Gasteiger charge is 2.40. The van der Waals surface area contributed by atoms with Crippen molar-refractivity contribution in [3.05, 3.63) is 21.3 Å². The molecule has 2 heterocycles. The second kappa shape index (κ2) is 8.69. The molecule has 0 amide bonds. The Morgan fingerprint density at radius 2 is 2.04 bits per heavy atom. The predicted molar refractivity (Wildman–Crippen MR) is 104 cm³/mol. The zero-order valence-corrected chi connectivity index (χ0v) is 16.6. The summed E-state index contributed by atoms with van der Waals surface area (Å²) in [5, 5.41) is 4.03. The van der Waals surface area contributed by atoms with Gasteiger partial charge in [0.15, 0.2) is 6.61 Å². The van der Waals surface area contributed by atoms with Crippen molar-refractivity contribution in [2.45, 2.75) is 39.2 Å². The zero-order valence-electron chi connectivity index (χ0n) is 14.2. The van der Waals surface area contributed by atoms with E-state index in [1.54, 1.807) is 13.0 Å². The molecule has 1 saturated heterocycles. The average Bonchev–Trinajstić information content (AvgIpc) is 3.00. The lowest BCUT2D eigenvalue weighted by molar-refractivity contribution is -0.135. The highest BCUT2D eigenvalue weighted by Crippen LogP contribution is 2.36. The topological polar surface area (TPSA) is 55.7 Å². The van der Waals surface area contributed by atoms with Crippen molar-refractivity contribution in [1.82, 2.24) is 0 Å². The van der Waals surface area contributed by atoms with E-state index in [1.165, 1.54) is 23.5 Å². The van der Waals surface area contributed by atoms with E-state index in [0.717, 1.165) is 17.1 Å². The van der Waals surface area contributed by atoms with Gasteiger partial charge in [0.2, 0.25) is 0 Å². The van der Waals surface area contributed by atoms with Crippen molar-refractivity contribution in [3.63, 3.8) is 0 Å². The maximum Gasteiger partial charge on any atom is 0.151 e. The van der Waals surface area contributed by atoms with Gasteiger partial charge in [0.25, 0.3) is 0 Å². The quantitative estimate of drug-likeness (QED) is 0.412. The summed E-state index contributed by atoms with van der Waals surface area (Å²) in [6.45, 7) is 2.00. The van der Waals surface area contributed by atoms with Crippen LogP contribution in [-0.2, 0) is 21.0 Å². The summed E-state index contributed by atoms with van der Waals surface area (Å²) in [7, 11) is 0. The number of carbonyl (C=O) groups is 2. The minimum atomic E-state index is -0.723. The van der Waals surface area contributed by atoms with E-state index in [-0.39, 0.29) is 17.5 Å². The fourth-order valence-electron chi connectivity index (χ4n) is 3.62. The Kier molecular flexibility index (Phi) is 6.58. The van der Waals surface area contributed by atoms with Crippen molar-refractivity contribution in [2.75, 3.05) is 11.5 Å². The fraction of sp³-hybridized carbons (Fsp3) is 0.611. The smallest absolute Gasteiger partial charge is 0.151 e. The van der Waals surface area contributed by atoms with Crippen molar-refractivity contribution >= 4 is 52.0 Å². The number of ketones is 2. The van der Waals surface area contributed by atoms with E-state index in [1.807, 2.05) is 17.8 Å². The second-order valence-electron chi connectivity index (χ2n) is 6.72. The van der Waals surface area contributed by atoms with E-state index in [4.69, 9.17) is 16.4 Å². The summed E-state index contributed by atoms with van der Waals surface area (Å²) < 4.78 is 0.698. The van der Waals surface area contributed by atoms with Crippen LogP contribution in [0.25, 0.3) is 0 Å². The average molecular weight is 400 g/mol. The number of thioether (sulfide) groups is 1. The van der Waals surface area contributed by atoms with Gasteiger partial charge in [-0.2, -0.15) is 11.8 Å². The van der Waals surface area contributed by atoms with Gasteiger partial charge < -0.3 is 4.84 Å². The molecule has 25 heavy (non-hydrogen) atoms. The minimum Gasteiger partial charge on any atom is -0.390 e. The molecule has 1 aromatic heterocycles. The molecular weight excluding hydrogens is 378 g/mol. The Morgan fingerprint density at radius 3 is 2.64 bits per heavy atom. The molecular formula is C18H22ClNO3S2. The van der Waals surface area contributed by atoms with Gasteiger partial charge in [0.05, 0.1) is 10.0 Å². The lowest BCUT2D eigenvalue weighted by Gasteiger charge is -2.33. The first-order chi connectivity index (χ1) is 12.0. The molecule has 1 saturated carbocycles. The maximum atomic E-state index is 12.6.